The number of aromatic nitrogens is 1. The van der Waals surface area contributed by atoms with Crippen LogP contribution in [-0.2, 0) is 6.54 Å². The molecule has 3 nitrogen and oxygen atoms in total. The number of ether oxygens (including phenoxy) is 1. The summed E-state index contributed by atoms with van der Waals surface area (Å²) in [5.41, 5.74) is 2.18. The van der Waals surface area contributed by atoms with Gasteiger partial charge in [0.25, 0.3) is 0 Å². The van der Waals surface area contributed by atoms with Crippen molar-refractivity contribution in [3.05, 3.63) is 59.8 Å². The predicted octanol–water partition coefficient (Wildman–Crippen LogP) is 3.63. The number of allylic oxidation sites excluding steroid dienone is 1. The molecular formula is C16H18N2O. The molecule has 98 valence electrons. The number of nitrogens with one attached hydrogen (secondary N) is 1. The Hall–Kier alpha value is -2.13. The largest absolute Gasteiger partial charge is 0.438 e. The van der Waals surface area contributed by atoms with E-state index < -0.39 is 0 Å². The highest BCUT2D eigenvalue weighted by molar-refractivity contribution is 5.57. The first kappa shape index (κ1) is 13.3. The zero-order chi connectivity index (χ0) is 13.5. The molecular weight excluding hydrogens is 236 g/mol. The summed E-state index contributed by atoms with van der Waals surface area (Å²) in [4.78, 5) is 4.31. The number of benzene rings is 1. The average Bonchev–Trinajstić information content (AvgIpc) is 2.44. The van der Waals surface area contributed by atoms with Gasteiger partial charge in [-0.3, -0.25) is 0 Å². The highest BCUT2D eigenvalue weighted by Gasteiger charge is 2.02. The lowest BCUT2D eigenvalue weighted by atomic mass is 10.2. The van der Waals surface area contributed by atoms with Crippen LogP contribution in [0.25, 0.3) is 6.08 Å². The molecule has 0 bridgehead atoms. The Morgan fingerprint density at radius 1 is 1.21 bits per heavy atom. The fourth-order valence-electron chi connectivity index (χ4n) is 1.78. The Morgan fingerprint density at radius 3 is 2.74 bits per heavy atom. The van der Waals surface area contributed by atoms with Gasteiger partial charge in [-0.15, -0.1) is 0 Å². The fourth-order valence-corrected chi connectivity index (χ4v) is 1.78. The van der Waals surface area contributed by atoms with E-state index in [2.05, 4.69) is 10.3 Å². The van der Waals surface area contributed by atoms with Gasteiger partial charge in [0.15, 0.2) is 0 Å². The van der Waals surface area contributed by atoms with Crippen LogP contribution in [0.4, 0.5) is 0 Å². The van der Waals surface area contributed by atoms with E-state index in [1.54, 1.807) is 0 Å². The van der Waals surface area contributed by atoms with Crippen LogP contribution in [0.2, 0.25) is 0 Å². The van der Waals surface area contributed by atoms with Gasteiger partial charge in [0, 0.05) is 24.4 Å². The number of rotatable bonds is 5. The van der Waals surface area contributed by atoms with E-state index in [-0.39, 0.29) is 0 Å². The second kappa shape index (κ2) is 6.71. The van der Waals surface area contributed by atoms with Gasteiger partial charge in [-0.25, -0.2) is 4.98 Å². The molecule has 0 saturated carbocycles. The van der Waals surface area contributed by atoms with Crippen LogP contribution in [0, 0.1) is 0 Å². The van der Waals surface area contributed by atoms with E-state index in [0.717, 1.165) is 23.4 Å². The van der Waals surface area contributed by atoms with Gasteiger partial charge in [0.2, 0.25) is 5.88 Å². The summed E-state index contributed by atoms with van der Waals surface area (Å²) in [5.74, 6) is 1.42. The van der Waals surface area contributed by atoms with Crippen LogP contribution >= 0.6 is 0 Å². The van der Waals surface area contributed by atoms with E-state index in [1.165, 1.54) is 0 Å². The van der Waals surface area contributed by atoms with Gasteiger partial charge < -0.3 is 10.1 Å². The van der Waals surface area contributed by atoms with Crippen LogP contribution in [0.3, 0.4) is 0 Å². The molecule has 19 heavy (non-hydrogen) atoms. The monoisotopic (exact) mass is 254 g/mol. The Morgan fingerprint density at radius 2 is 2.05 bits per heavy atom. The first-order valence-electron chi connectivity index (χ1n) is 6.32. The fraction of sp³-hybridized carbons (Fsp3) is 0.188. The highest BCUT2D eigenvalue weighted by atomic mass is 16.5. The van der Waals surface area contributed by atoms with Crippen LogP contribution in [0.15, 0.2) is 48.7 Å². The lowest BCUT2D eigenvalue weighted by Gasteiger charge is -2.08. The Kier molecular flexibility index (Phi) is 4.70. The lowest BCUT2D eigenvalue weighted by molar-refractivity contribution is 0.461. The summed E-state index contributed by atoms with van der Waals surface area (Å²) in [6, 6.07) is 11.8. The molecule has 0 aliphatic heterocycles. The van der Waals surface area contributed by atoms with E-state index >= 15 is 0 Å². The van der Waals surface area contributed by atoms with E-state index in [9.17, 15) is 0 Å². The molecule has 1 N–H and O–H groups in total. The number of hydrogen-bond donors (Lipinski definition) is 1. The molecule has 0 aliphatic carbocycles. The van der Waals surface area contributed by atoms with Gasteiger partial charge in [0.1, 0.15) is 5.75 Å². The minimum atomic E-state index is 0.608. The Labute approximate surface area is 114 Å². The van der Waals surface area contributed by atoms with Gasteiger partial charge in [0.05, 0.1) is 0 Å². The third kappa shape index (κ3) is 3.66. The molecule has 2 rings (SSSR count). The van der Waals surface area contributed by atoms with Crippen LogP contribution in [0.1, 0.15) is 18.1 Å². The molecule has 0 spiro atoms. The molecule has 0 saturated heterocycles. The molecule has 0 aliphatic rings. The summed E-state index contributed by atoms with van der Waals surface area (Å²) >= 11 is 0. The summed E-state index contributed by atoms with van der Waals surface area (Å²) in [6.45, 7) is 2.80. The van der Waals surface area contributed by atoms with Crippen molar-refractivity contribution < 1.29 is 4.74 Å². The molecule has 2 aromatic rings. The van der Waals surface area contributed by atoms with Crippen molar-refractivity contribution >= 4 is 6.08 Å². The van der Waals surface area contributed by atoms with Gasteiger partial charge in [-0.05, 0) is 25.6 Å². The maximum atomic E-state index is 5.81. The molecule has 0 radical (unpaired) electrons. The maximum Gasteiger partial charge on any atom is 0.219 e. The molecule has 0 amide bonds. The van der Waals surface area contributed by atoms with E-state index in [1.807, 2.05) is 68.7 Å². The number of hydrogen-bond acceptors (Lipinski definition) is 3. The van der Waals surface area contributed by atoms with E-state index in [0.29, 0.717) is 5.88 Å². The first-order chi connectivity index (χ1) is 9.33. The third-order valence-electron chi connectivity index (χ3n) is 2.66. The minimum absolute atomic E-state index is 0.608. The second-order valence-corrected chi connectivity index (χ2v) is 4.17. The van der Waals surface area contributed by atoms with Crippen LogP contribution < -0.4 is 10.1 Å². The predicted molar refractivity (Wildman–Crippen MR) is 78.2 cm³/mol. The quantitative estimate of drug-likeness (QED) is 0.884. The molecule has 1 heterocycles. The molecule has 0 atom stereocenters. The normalized spacial score (nSPS) is 10.8. The van der Waals surface area contributed by atoms with Crippen LogP contribution in [-0.4, -0.2) is 12.0 Å². The maximum absolute atomic E-state index is 5.81. The van der Waals surface area contributed by atoms with Crippen molar-refractivity contribution in [2.75, 3.05) is 7.05 Å². The van der Waals surface area contributed by atoms with Gasteiger partial charge in [-0.2, -0.15) is 0 Å². The van der Waals surface area contributed by atoms with Gasteiger partial charge in [-0.1, -0.05) is 36.4 Å². The second-order valence-electron chi connectivity index (χ2n) is 4.17. The van der Waals surface area contributed by atoms with Crippen molar-refractivity contribution in [3.63, 3.8) is 0 Å². The average molecular weight is 254 g/mol. The zero-order valence-electron chi connectivity index (χ0n) is 11.3. The molecule has 3 heteroatoms. The number of pyridine rings is 1. The highest BCUT2D eigenvalue weighted by Crippen LogP contribution is 2.24. The number of nitrogens with zero attached hydrogens (tertiary/aromatic N) is 1. The Balaban J connectivity index is 2.16. The molecule has 1 aromatic carbocycles. The SMILES string of the molecule is CC=Cc1ccccc1Oc1ccc(CNC)cn1. The summed E-state index contributed by atoms with van der Waals surface area (Å²) in [5, 5.41) is 3.09. The van der Waals surface area contributed by atoms with Crippen molar-refractivity contribution in [2.24, 2.45) is 0 Å². The van der Waals surface area contributed by atoms with Crippen molar-refractivity contribution in [1.29, 1.82) is 0 Å². The smallest absolute Gasteiger partial charge is 0.219 e. The molecule has 0 fully saturated rings. The van der Waals surface area contributed by atoms with E-state index in [4.69, 9.17) is 4.74 Å². The summed E-state index contributed by atoms with van der Waals surface area (Å²) in [7, 11) is 1.91. The van der Waals surface area contributed by atoms with Crippen molar-refractivity contribution in [1.82, 2.24) is 10.3 Å². The standard InChI is InChI=1S/C16H18N2O/c1-3-6-14-7-4-5-8-15(14)19-16-10-9-13(11-17-2)12-18-16/h3-10,12,17H,11H2,1-2H3. The zero-order valence-corrected chi connectivity index (χ0v) is 11.3. The summed E-state index contributed by atoms with van der Waals surface area (Å²) in [6.07, 6.45) is 5.83. The van der Waals surface area contributed by atoms with Gasteiger partial charge >= 0.3 is 0 Å². The van der Waals surface area contributed by atoms with Crippen LogP contribution in [0.5, 0.6) is 11.6 Å². The third-order valence-corrected chi connectivity index (χ3v) is 2.66. The first-order valence-corrected chi connectivity index (χ1v) is 6.32. The van der Waals surface area contributed by atoms with Crippen molar-refractivity contribution in [3.8, 4) is 11.6 Å². The summed E-state index contributed by atoms with van der Waals surface area (Å²) < 4.78 is 5.81. The lowest BCUT2D eigenvalue weighted by Crippen LogP contribution is -2.05. The molecule has 1 aromatic heterocycles. The number of para-hydroxylation sites is 1. The Bertz CT molecular complexity index is 547. The topological polar surface area (TPSA) is 34.1 Å². The molecule has 0 unspecified atom stereocenters. The minimum Gasteiger partial charge on any atom is -0.438 e. The van der Waals surface area contributed by atoms with Crippen molar-refractivity contribution in [2.45, 2.75) is 13.5 Å².